The van der Waals surface area contributed by atoms with Gasteiger partial charge in [-0.3, -0.25) is 18.8 Å². The van der Waals surface area contributed by atoms with Gasteiger partial charge in [-0.25, -0.2) is 14.8 Å². The summed E-state index contributed by atoms with van der Waals surface area (Å²) in [5, 5.41) is 7.76. The summed E-state index contributed by atoms with van der Waals surface area (Å²) in [5.41, 5.74) is 3.08. The van der Waals surface area contributed by atoms with Gasteiger partial charge in [0.2, 0.25) is 0 Å². The maximum absolute atomic E-state index is 14.6. The largest absolute Gasteiger partial charge is 0.347 e. The molecule has 0 unspecified atom stereocenters. The standard InChI is InChI=1S/C38H14N4O4.3C2H6/c43-33-15-9-11-17-27-22(38(46)41-25-7-3-1-5-23(25)39-35(17)41)14-20-32(29(15)27)31-19(33)13-21-28-18(12-10-16(30(28)31)34(20)44)37(45)42-26-8-4-2-6-24(26)40-36(21)42;3*1-2/h1-14H;3*1-2H3/p+1. The van der Waals surface area contributed by atoms with Crippen molar-refractivity contribution < 1.29 is 4.40 Å². The Bertz CT molecular complexity index is 3600. The lowest BCUT2D eigenvalue weighted by Gasteiger charge is -2.18. The molecular weight excluding hydrogens is 649 g/mol. The number of H-pyrrole nitrogens is 1. The van der Waals surface area contributed by atoms with E-state index in [4.69, 9.17) is 4.98 Å². The van der Waals surface area contributed by atoms with Crippen molar-refractivity contribution in [1.82, 2.24) is 14.4 Å². The molecule has 0 aliphatic rings. The lowest BCUT2D eigenvalue weighted by atomic mass is 9.83. The second-order valence-corrected chi connectivity index (χ2v) is 12.4. The molecule has 0 aliphatic carbocycles. The van der Waals surface area contributed by atoms with Gasteiger partial charge in [0.1, 0.15) is 5.65 Å². The molecule has 12 rings (SSSR count). The number of benzene rings is 8. The minimum absolute atomic E-state index is 0.188. The van der Waals surface area contributed by atoms with E-state index < -0.39 is 0 Å². The van der Waals surface area contributed by atoms with Crippen molar-refractivity contribution in [3.05, 3.63) is 126 Å². The molecule has 0 bridgehead atoms. The SMILES string of the molecule is CC.CC.CC.O=c1c2ccc3c(=O)[n+]4c5ccccc5[nH]c4c4cc5c(=O)c6ccc7c8c(cc1c(c68)c5c2c34)c(=O)n1c2ccccc2nc71. The molecule has 0 spiro atoms. The van der Waals surface area contributed by atoms with Gasteiger partial charge in [0.15, 0.2) is 21.9 Å². The van der Waals surface area contributed by atoms with Gasteiger partial charge in [-0.15, -0.1) is 0 Å². The van der Waals surface area contributed by atoms with Crippen LogP contribution < -0.4 is 26.4 Å². The molecule has 4 heterocycles. The average molecular weight is 682 g/mol. The Labute approximate surface area is 294 Å². The first-order chi connectivity index (χ1) is 25.5. The summed E-state index contributed by atoms with van der Waals surface area (Å²) in [7, 11) is 0. The van der Waals surface area contributed by atoms with Gasteiger partial charge in [-0.05, 0) is 60.7 Å². The number of aromatic nitrogens is 4. The fourth-order valence-electron chi connectivity index (χ4n) is 8.53. The molecule has 8 aromatic carbocycles. The topological polar surface area (TPSA) is 105 Å². The number of pyridine rings is 2. The van der Waals surface area contributed by atoms with E-state index >= 15 is 0 Å². The molecule has 0 saturated heterocycles. The van der Waals surface area contributed by atoms with Crippen molar-refractivity contribution in [2.24, 2.45) is 0 Å². The quantitative estimate of drug-likeness (QED) is 0.0982. The maximum atomic E-state index is 14.6. The summed E-state index contributed by atoms with van der Waals surface area (Å²) in [6.07, 6.45) is 0. The van der Waals surface area contributed by atoms with Crippen LogP contribution in [0, 0.1) is 0 Å². The molecule has 0 saturated carbocycles. The number of nitrogens with one attached hydrogen (secondary N) is 1. The van der Waals surface area contributed by atoms with Gasteiger partial charge < -0.3 is 0 Å². The predicted octanol–water partition coefficient (Wildman–Crippen LogP) is 8.49. The van der Waals surface area contributed by atoms with Crippen LogP contribution >= 0.6 is 0 Å². The van der Waals surface area contributed by atoms with Crippen LogP contribution in [0.15, 0.2) is 104 Å². The van der Waals surface area contributed by atoms with Gasteiger partial charge >= 0.3 is 5.56 Å². The number of imidazole rings is 2. The number of hydrogen-bond acceptors (Lipinski definition) is 5. The molecule has 0 atom stereocenters. The fraction of sp³-hybridized carbons (Fsp3) is 0.136. The molecule has 252 valence electrons. The number of rotatable bonds is 0. The first kappa shape index (κ1) is 31.4. The summed E-state index contributed by atoms with van der Waals surface area (Å²) in [5.74, 6) is 0. The van der Waals surface area contributed by atoms with E-state index in [0.717, 1.165) is 16.4 Å². The highest BCUT2D eigenvalue weighted by atomic mass is 16.1. The molecule has 8 nitrogen and oxygen atoms in total. The van der Waals surface area contributed by atoms with Crippen LogP contribution in [-0.2, 0) is 0 Å². The lowest BCUT2D eigenvalue weighted by molar-refractivity contribution is -0.495. The summed E-state index contributed by atoms with van der Waals surface area (Å²) < 4.78 is 3.26. The molecule has 52 heavy (non-hydrogen) atoms. The van der Waals surface area contributed by atoms with E-state index in [-0.39, 0.29) is 22.0 Å². The van der Waals surface area contributed by atoms with Crippen LogP contribution in [0.5, 0.6) is 0 Å². The molecule has 0 fully saturated rings. The van der Waals surface area contributed by atoms with Gasteiger partial charge in [-0.2, -0.15) is 4.40 Å². The third-order valence-corrected chi connectivity index (χ3v) is 10.3. The van der Waals surface area contributed by atoms with Crippen molar-refractivity contribution in [2.75, 3.05) is 0 Å². The summed E-state index contributed by atoms with van der Waals surface area (Å²) in [6.45, 7) is 12.0. The number of hydrogen-bond donors (Lipinski definition) is 1. The van der Waals surface area contributed by atoms with E-state index in [0.29, 0.717) is 92.3 Å². The molecule has 0 aliphatic heterocycles. The fourth-order valence-corrected chi connectivity index (χ4v) is 8.53. The van der Waals surface area contributed by atoms with Crippen LogP contribution in [0.2, 0.25) is 0 Å². The van der Waals surface area contributed by atoms with Gasteiger partial charge in [0.05, 0.1) is 21.8 Å². The Balaban J connectivity index is 0.000000574. The van der Waals surface area contributed by atoms with Crippen LogP contribution in [-0.4, -0.2) is 14.4 Å². The Hall–Kier alpha value is -6.54. The Morgan fingerprint density at radius 1 is 0.538 bits per heavy atom. The van der Waals surface area contributed by atoms with E-state index in [1.54, 1.807) is 33.1 Å². The first-order valence-electron chi connectivity index (χ1n) is 18.0. The first-order valence-corrected chi connectivity index (χ1v) is 18.0. The van der Waals surface area contributed by atoms with E-state index in [1.807, 2.05) is 102 Å². The van der Waals surface area contributed by atoms with Crippen molar-refractivity contribution in [2.45, 2.75) is 41.5 Å². The lowest BCUT2D eigenvalue weighted by Crippen LogP contribution is -2.39. The maximum Gasteiger partial charge on any atom is 0.347 e. The van der Waals surface area contributed by atoms with Crippen molar-refractivity contribution in [1.29, 1.82) is 0 Å². The van der Waals surface area contributed by atoms with Crippen LogP contribution in [0.1, 0.15) is 41.5 Å². The normalized spacial score (nSPS) is 12.0. The zero-order valence-electron chi connectivity index (χ0n) is 29.6. The number of nitrogens with zero attached hydrogens (tertiary/aromatic N) is 3. The monoisotopic (exact) mass is 681 g/mol. The minimum Gasteiger partial charge on any atom is -0.289 e. The number of para-hydroxylation sites is 4. The van der Waals surface area contributed by atoms with E-state index in [1.165, 1.54) is 0 Å². The van der Waals surface area contributed by atoms with Crippen molar-refractivity contribution >= 4 is 109 Å². The molecule has 4 aromatic heterocycles. The zero-order chi connectivity index (χ0) is 36.3. The van der Waals surface area contributed by atoms with Crippen molar-refractivity contribution in [3.8, 4) is 0 Å². The third kappa shape index (κ3) is 3.51. The third-order valence-electron chi connectivity index (χ3n) is 10.3. The second-order valence-electron chi connectivity index (χ2n) is 12.4. The van der Waals surface area contributed by atoms with Crippen LogP contribution in [0.4, 0.5) is 0 Å². The van der Waals surface area contributed by atoms with E-state index in [9.17, 15) is 19.2 Å². The Morgan fingerprint density at radius 2 is 1.08 bits per heavy atom. The summed E-state index contributed by atoms with van der Waals surface area (Å²) >= 11 is 0. The Kier molecular flexibility index (Phi) is 6.64. The highest BCUT2D eigenvalue weighted by Gasteiger charge is 2.30. The smallest absolute Gasteiger partial charge is 0.289 e. The van der Waals surface area contributed by atoms with Crippen LogP contribution in [0.25, 0.3) is 109 Å². The molecule has 8 heteroatoms. The van der Waals surface area contributed by atoms with Gasteiger partial charge in [0.25, 0.3) is 11.2 Å². The molecule has 1 N–H and O–H groups in total. The molecule has 12 aromatic rings. The Morgan fingerprint density at radius 3 is 1.77 bits per heavy atom. The minimum atomic E-state index is -0.285. The highest BCUT2D eigenvalue weighted by molar-refractivity contribution is 6.43. The zero-order valence-corrected chi connectivity index (χ0v) is 29.6. The van der Waals surface area contributed by atoms with Gasteiger partial charge in [0, 0.05) is 64.6 Å². The predicted molar refractivity (Wildman–Crippen MR) is 215 cm³/mol. The molecular formula is C44H33N4O4+. The number of fused-ring (bicyclic) bond motifs is 8. The van der Waals surface area contributed by atoms with Gasteiger partial charge in [-0.1, -0.05) is 65.8 Å². The number of aromatic amines is 1. The van der Waals surface area contributed by atoms with Crippen molar-refractivity contribution in [3.63, 3.8) is 0 Å². The second kappa shape index (κ2) is 11.0. The highest BCUT2D eigenvalue weighted by Crippen LogP contribution is 2.45. The average Bonchev–Trinajstić information content (AvgIpc) is 3.79. The van der Waals surface area contributed by atoms with E-state index in [2.05, 4.69) is 4.98 Å². The molecule has 0 amide bonds. The molecule has 0 radical (unpaired) electrons. The summed E-state index contributed by atoms with van der Waals surface area (Å²) in [4.78, 5) is 65.7. The summed E-state index contributed by atoms with van der Waals surface area (Å²) in [6, 6.07) is 25.7. The van der Waals surface area contributed by atoms with Crippen LogP contribution in [0.3, 0.4) is 0 Å².